The zero-order valence-electron chi connectivity index (χ0n) is 14.1. The van der Waals surface area contributed by atoms with Crippen LogP contribution in [0.15, 0.2) is 53.0 Å². The molecule has 0 saturated heterocycles. The first-order chi connectivity index (χ1) is 12.8. The fourth-order valence-electron chi connectivity index (χ4n) is 2.45. The molecule has 0 bridgehead atoms. The SMILES string of the molecule is Cc1ccc(CNC(=O)c2nnn(-c3cccc(Br)c3)c2C(F)(F)F)cc1. The lowest BCUT2D eigenvalue weighted by Crippen LogP contribution is -2.27. The molecule has 1 N–H and O–H groups in total. The van der Waals surface area contributed by atoms with E-state index in [1.807, 2.05) is 19.1 Å². The van der Waals surface area contributed by atoms with Crippen LogP contribution < -0.4 is 5.32 Å². The molecule has 0 aliphatic rings. The monoisotopic (exact) mass is 438 g/mol. The standard InChI is InChI=1S/C18H14BrF3N4O/c1-11-5-7-12(8-6-11)10-23-17(27)15-16(18(20,21)22)26(25-24-15)14-4-2-3-13(19)9-14/h2-9H,10H2,1H3,(H,23,27). The molecule has 140 valence electrons. The Balaban J connectivity index is 1.90. The van der Waals surface area contributed by atoms with Crippen molar-refractivity contribution in [2.45, 2.75) is 19.6 Å². The van der Waals surface area contributed by atoms with E-state index >= 15 is 0 Å². The third-order valence-corrected chi connectivity index (χ3v) is 4.27. The van der Waals surface area contributed by atoms with E-state index in [2.05, 4.69) is 31.6 Å². The van der Waals surface area contributed by atoms with Crippen LogP contribution in [0.5, 0.6) is 0 Å². The molecule has 0 spiro atoms. The van der Waals surface area contributed by atoms with Crippen LogP contribution in [0.3, 0.4) is 0 Å². The van der Waals surface area contributed by atoms with Crippen molar-refractivity contribution in [2.24, 2.45) is 0 Å². The number of hydrogen-bond acceptors (Lipinski definition) is 3. The quantitative estimate of drug-likeness (QED) is 0.660. The Kier molecular flexibility index (Phi) is 5.31. The summed E-state index contributed by atoms with van der Waals surface area (Å²) in [7, 11) is 0. The number of benzene rings is 2. The number of carbonyl (C=O) groups is 1. The number of nitrogens with zero attached hydrogens (tertiary/aromatic N) is 3. The molecule has 0 atom stereocenters. The van der Waals surface area contributed by atoms with Gasteiger partial charge in [-0.1, -0.05) is 57.0 Å². The smallest absolute Gasteiger partial charge is 0.346 e. The van der Waals surface area contributed by atoms with Crippen LogP contribution in [0.1, 0.15) is 27.3 Å². The molecule has 3 rings (SSSR count). The lowest BCUT2D eigenvalue weighted by atomic mass is 10.1. The summed E-state index contributed by atoms with van der Waals surface area (Å²) in [5.41, 5.74) is -0.0401. The normalized spacial score (nSPS) is 11.4. The van der Waals surface area contributed by atoms with E-state index in [0.717, 1.165) is 11.1 Å². The van der Waals surface area contributed by atoms with Gasteiger partial charge in [-0.2, -0.15) is 13.2 Å². The molecule has 1 aromatic heterocycles. The number of alkyl halides is 3. The Morgan fingerprint density at radius 2 is 1.89 bits per heavy atom. The molecule has 0 radical (unpaired) electrons. The third-order valence-electron chi connectivity index (χ3n) is 3.78. The maximum absolute atomic E-state index is 13.6. The highest BCUT2D eigenvalue weighted by Crippen LogP contribution is 2.33. The number of rotatable bonds is 4. The molecule has 2 aromatic carbocycles. The highest BCUT2D eigenvalue weighted by Gasteiger charge is 2.42. The van der Waals surface area contributed by atoms with Gasteiger partial charge >= 0.3 is 6.18 Å². The summed E-state index contributed by atoms with van der Waals surface area (Å²) in [5.74, 6) is -0.941. The second-order valence-electron chi connectivity index (χ2n) is 5.84. The van der Waals surface area contributed by atoms with E-state index in [-0.39, 0.29) is 12.2 Å². The Morgan fingerprint density at radius 3 is 2.52 bits per heavy atom. The van der Waals surface area contributed by atoms with Crippen molar-refractivity contribution < 1.29 is 18.0 Å². The summed E-state index contributed by atoms with van der Waals surface area (Å²) in [6.07, 6.45) is -4.80. The number of halogens is 4. The molecular formula is C18H14BrF3N4O. The van der Waals surface area contributed by atoms with Gasteiger partial charge < -0.3 is 5.32 Å². The second-order valence-corrected chi connectivity index (χ2v) is 6.76. The van der Waals surface area contributed by atoms with E-state index in [1.54, 1.807) is 24.3 Å². The zero-order valence-corrected chi connectivity index (χ0v) is 15.7. The first-order valence-electron chi connectivity index (χ1n) is 7.88. The predicted molar refractivity (Wildman–Crippen MR) is 96.4 cm³/mol. The molecule has 0 saturated carbocycles. The Labute approximate surface area is 161 Å². The molecule has 0 aliphatic carbocycles. The van der Waals surface area contributed by atoms with Crippen LogP contribution >= 0.6 is 15.9 Å². The lowest BCUT2D eigenvalue weighted by Gasteiger charge is -2.11. The van der Waals surface area contributed by atoms with Crippen LogP contribution in [-0.2, 0) is 12.7 Å². The van der Waals surface area contributed by atoms with E-state index < -0.39 is 23.5 Å². The van der Waals surface area contributed by atoms with Gasteiger partial charge in [0.1, 0.15) is 0 Å². The number of hydrogen-bond donors (Lipinski definition) is 1. The number of nitrogens with one attached hydrogen (secondary N) is 1. The van der Waals surface area contributed by atoms with Crippen LogP contribution in [0.4, 0.5) is 13.2 Å². The molecule has 3 aromatic rings. The van der Waals surface area contributed by atoms with Crippen molar-refractivity contribution in [1.29, 1.82) is 0 Å². The van der Waals surface area contributed by atoms with Crippen molar-refractivity contribution >= 4 is 21.8 Å². The largest absolute Gasteiger partial charge is 0.435 e. The third kappa shape index (κ3) is 4.36. The van der Waals surface area contributed by atoms with E-state index in [9.17, 15) is 18.0 Å². The molecule has 27 heavy (non-hydrogen) atoms. The molecule has 0 fully saturated rings. The topological polar surface area (TPSA) is 59.8 Å². The Bertz CT molecular complexity index is 967. The molecule has 9 heteroatoms. The van der Waals surface area contributed by atoms with E-state index in [0.29, 0.717) is 9.15 Å². The van der Waals surface area contributed by atoms with Gasteiger partial charge in [0.2, 0.25) is 0 Å². The van der Waals surface area contributed by atoms with E-state index in [4.69, 9.17) is 0 Å². The Morgan fingerprint density at radius 1 is 1.19 bits per heavy atom. The summed E-state index contributed by atoms with van der Waals surface area (Å²) in [6, 6.07) is 13.4. The van der Waals surface area contributed by atoms with Gasteiger partial charge in [-0.15, -0.1) is 5.10 Å². The summed E-state index contributed by atoms with van der Waals surface area (Å²) in [4.78, 5) is 12.3. The molecule has 1 heterocycles. The first kappa shape index (κ1) is 19.1. The fourth-order valence-corrected chi connectivity index (χ4v) is 2.84. The molecular weight excluding hydrogens is 425 g/mol. The number of aromatic nitrogens is 3. The second kappa shape index (κ2) is 7.51. The van der Waals surface area contributed by atoms with Gasteiger partial charge in [-0.3, -0.25) is 4.79 Å². The number of aryl methyl sites for hydroxylation is 1. The summed E-state index contributed by atoms with van der Waals surface area (Å²) >= 11 is 3.20. The van der Waals surface area contributed by atoms with Gasteiger partial charge in [0.05, 0.1) is 5.69 Å². The Hall–Kier alpha value is -2.68. The van der Waals surface area contributed by atoms with Crippen molar-refractivity contribution in [1.82, 2.24) is 20.3 Å². The minimum atomic E-state index is -4.80. The molecule has 0 aliphatic heterocycles. The minimum absolute atomic E-state index is 0.0835. The summed E-state index contributed by atoms with van der Waals surface area (Å²) in [5, 5.41) is 9.49. The van der Waals surface area contributed by atoms with Crippen LogP contribution in [-0.4, -0.2) is 20.9 Å². The summed E-state index contributed by atoms with van der Waals surface area (Å²) in [6.45, 7) is 2.00. The van der Waals surface area contributed by atoms with Crippen LogP contribution in [0, 0.1) is 6.92 Å². The highest BCUT2D eigenvalue weighted by molar-refractivity contribution is 9.10. The molecule has 5 nitrogen and oxygen atoms in total. The van der Waals surface area contributed by atoms with E-state index in [1.165, 1.54) is 12.1 Å². The molecule has 1 amide bonds. The van der Waals surface area contributed by atoms with Crippen molar-refractivity contribution in [2.75, 3.05) is 0 Å². The van der Waals surface area contributed by atoms with Crippen molar-refractivity contribution in [3.05, 3.63) is 75.5 Å². The first-order valence-corrected chi connectivity index (χ1v) is 8.67. The van der Waals surface area contributed by atoms with Gasteiger partial charge in [0, 0.05) is 11.0 Å². The van der Waals surface area contributed by atoms with Gasteiger partial charge in [0.15, 0.2) is 11.4 Å². The van der Waals surface area contributed by atoms with Crippen molar-refractivity contribution in [3.63, 3.8) is 0 Å². The van der Waals surface area contributed by atoms with Crippen molar-refractivity contribution in [3.8, 4) is 5.69 Å². The lowest BCUT2D eigenvalue weighted by molar-refractivity contribution is -0.143. The average molecular weight is 439 g/mol. The maximum atomic E-state index is 13.6. The average Bonchev–Trinajstić information content (AvgIpc) is 3.07. The zero-order chi connectivity index (χ0) is 19.6. The van der Waals surface area contributed by atoms with Gasteiger partial charge in [-0.25, -0.2) is 4.68 Å². The number of carbonyl (C=O) groups excluding carboxylic acids is 1. The minimum Gasteiger partial charge on any atom is -0.346 e. The number of amides is 1. The van der Waals surface area contributed by atoms with Crippen LogP contribution in [0.2, 0.25) is 0 Å². The van der Waals surface area contributed by atoms with Gasteiger partial charge in [0.25, 0.3) is 5.91 Å². The molecule has 0 unspecified atom stereocenters. The predicted octanol–water partition coefficient (Wildman–Crippen LogP) is 4.29. The van der Waals surface area contributed by atoms with Crippen LogP contribution in [0.25, 0.3) is 5.69 Å². The summed E-state index contributed by atoms with van der Waals surface area (Å²) < 4.78 is 42.0. The fraction of sp³-hybridized carbons (Fsp3) is 0.167. The van der Waals surface area contributed by atoms with Gasteiger partial charge in [-0.05, 0) is 30.7 Å². The maximum Gasteiger partial charge on any atom is 0.435 e. The highest BCUT2D eigenvalue weighted by atomic mass is 79.9.